The van der Waals surface area contributed by atoms with Gasteiger partial charge in [-0.2, -0.15) is 0 Å². The third-order valence-electron chi connectivity index (χ3n) is 2.24. The molecular formula is C12H15N3O. The third-order valence-corrected chi connectivity index (χ3v) is 2.24. The third kappa shape index (κ3) is 3.28. The maximum atomic E-state index is 10.9. The Labute approximate surface area is 95.3 Å². The Hall–Kier alpha value is -2.02. The first-order valence-electron chi connectivity index (χ1n) is 5.13. The van der Waals surface area contributed by atoms with Gasteiger partial charge in [0.25, 0.3) is 5.91 Å². The number of aromatic nitrogens is 1. The first kappa shape index (κ1) is 12.1. The molecule has 0 fully saturated rings. The minimum absolute atomic E-state index is 0.202. The van der Waals surface area contributed by atoms with E-state index in [1.807, 2.05) is 6.92 Å². The molecule has 0 aliphatic heterocycles. The van der Waals surface area contributed by atoms with Crippen LogP contribution in [0.2, 0.25) is 0 Å². The number of terminal acetylenes is 1. The van der Waals surface area contributed by atoms with Crippen molar-refractivity contribution < 1.29 is 4.79 Å². The molecule has 84 valence electrons. The number of anilines is 1. The summed E-state index contributed by atoms with van der Waals surface area (Å²) in [7, 11) is 0. The number of amides is 1. The van der Waals surface area contributed by atoms with E-state index in [0.717, 1.165) is 12.1 Å². The number of nitrogens with two attached hydrogens (primary N) is 1. The van der Waals surface area contributed by atoms with Crippen molar-refractivity contribution in [2.24, 2.45) is 5.73 Å². The van der Waals surface area contributed by atoms with Crippen LogP contribution >= 0.6 is 0 Å². The zero-order chi connectivity index (χ0) is 12.0. The monoisotopic (exact) mass is 217 g/mol. The Morgan fingerprint density at radius 2 is 2.50 bits per heavy atom. The van der Waals surface area contributed by atoms with Crippen molar-refractivity contribution >= 4 is 11.6 Å². The van der Waals surface area contributed by atoms with Gasteiger partial charge in [0.05, 0.1) is 0 Å². The first-order chi connectivity index (χ1) is 7.67. The van der Waals surface area contributed by atoms with Crippen molar-refractivity contribution in [2.45, 2.75) is 25.8 Å². The topological polar surface area (TPSA) is 68.0 Å². The lowest BCUT2D eigenvalue weighted by molar-refractivity contribution is 0.0995. The lowest BCUT2D eigenvalue weighted by atomic mass is 10.1. The Morgan fingerprint density at radius 1 is 1.75 bits per heavy atom. The van der Waals surface area contributed by atoms with E-state index in [1.54, 1.807) is 18.3 Å². The highest BCUT2D eigenvalue weighted by molar-refractivity contribution is 5.91. The van der Waals surface area contributed by atoms with E-state index in [4.69, 9.17) is 12.2 Å². The van der Waals surface area contributed by atoms with Crippen molar-refractivity contribution in [3.8, 4) is 12.3 Å². The summed E-state index contributed by atoms with van der Waals surface area (Å²) in [5.74, 6) is 2.07. The maximum Gasteiger partial charge on any atom is 0.267 e. The molecule has 1 atom stereocenters. The molecular weight excluding hydrogens is 202 g/mol. The number of hydrogen-bond donors (Lipinski definition) is 2. The summed E-state index contributed by atoms with van der Waals surface area (Å²) in [6.45, 7) is 2.05. The molecule has 4 nitrogen and oxygen atoms in total. The van der Waals surface area contributed by atoms with E-state index >= 15 is 0 Å². The predicted molar refractivity (Wildman–Crippen MR) is 63.9 cm³/mol. The van der Waals surface area contributed by atoms with Crippen LogP contribution in [0.4, 0.5) is 5.69 Å². The molecule has 1 aromatic heterocycles. The normalized spacial score (nSPS) is 11.5. The molecule has 0 saturated heterocycles. The van der Waals surface area contributed by atoms with Crippen LogP contribution < -0.4 is 11.1 Å². The largest absolute Gasteiger partial charge is 0.381 e. The predicted octanol–water partition coefficient (Wildman–Crippen LogP) is 1.39. The van der Waals surface area contributed by atoms with Crippen LogP contribution in [0.3, 0.4) is 0 Å². The second kappa shape index (κ2) is 5.76. The molecule has 0 bridgehead atoms. The molecule has 0 saturated carbocycles. The molecule has 1 rings (SSSR count). The molecule has 1 aromatic rings. The smallest absolute Gasteiger partial charge is 0.267 e. The summed E-state index contributed by atoms with van der Waals surface area (Å²) in [6, 6.07) is 3.61. The van der Waals surface area contributed by atoms with Gasteiger partial charge >= 0.3 is 0 Å². The molecule has 3 N–H and O–H groups in total. The molecule has 4 heteroatoms. The second-order valence-corrected chi connectivity index (χ2v) is 3.45. The Morgan fingerprint density at radius 3 is 3.06 bits per heavy atom. The second-order valence-electron chi connectivity index (χ2n) is 3.45. The van der Waals surface area contributed by atoms with E-state index < -0.39 is 5.91 Å². The van der Waals surface area contributed by atoms with Crippen molar-refractivity contribution in [1.29, 1.82) is 0 Å². The molecule has 1 unspecified atom stereocenters. The number of nitrogens with zero attached hydrogens (tertiary/aromatic N) is 1. The summed E-state index contributed by atoms with van der Waals surface area (Å²) in [4.78, 5) is 14.8. The van der Waals surface area contributed by atoms with Crippen LogP contribution in [0, 0.1) is 12.3 Å². The minimum atomic E-state index is -0.534. The van der Waals surface area contributed by atoms with Crippen molar-refractivity contribution in [1.82, 2.24) is 4.98 Å². The summed E-state index contributed by atoms with van der Waals surface area (Å²) in [5, 5.41) is 3.23. The van der Waals surface area contributed by atoms with Crippen molar-refractivity contribution in [2.75, 3.05) is 5.32 Å². The molecule has 0 aliphatic rings. The van der Waals surface area contributed by atoms with Gasteiger partial charge < -0.3 is 11.1 Å². The van der Waals surface area contributed by atoms with Gasteiger partial charge in [-0.25, -0.2) is 0 Å². The average molecular weight is 217 g/mol. The average Bonchev–Trinajstić information content (AvgIpc) is 2.29. The van der Waals surface area contributed by atoms with Gasteiger partial charge in [-0.3, -0.25) is 9.78 Å². The van der Waals surface area contributed by atoms with E-state index in [2.05, 4.69) is 16.2 Å². The zero-order valence-electron chi connectivity index (χ0n) is 9.23. The Kier molecular flexibility index (Phi) is 4.34. The van der Waals surface area contributed by atoms with Crippen LogP contribution in [0.15, 0.2) is 18.3 Å². The van der Waals surface area contributed by atoms with E-state index in [1.165, 1.54) is 0 Å². The van der Waals surface area contributed by atoms with Crippen LogP contribution in [-0.2, 0) is 0 Å². The molecule has 0 aromatic carbocycles. The molecule has 0 radical (unpaired) electrons. The van der Waals surface area contributed by atoms with E-state index in [9.17, 15) is 4.79 Å². The van der Waals surface area contributed by atoms with Crippen LogP contribution in [-0.4, -0.2) is 16.9 Å². The first-order valence-corrected chi connectivity index (χ1v) is 5.13. The summed E-state index contributed by atoms with van der Waals surface area (Å²) >= 11 is 0. The molecule has 1 heterocycles. The number of hydrogen-bond acceptors (Lipinski definition) is 3. The van der Waals surface area contributed by atoms with Crippen molar-refractivity contribution in [3.05, 3.63) is 24.0 Å². The number of rotatable bonds is 5. The fourth-order valence-electron chi connectivity index (χ4n) is 1.33. The lowest BCUT2D eigenvalue weighted by Crippen LogP contribution is -2.19. The number of nitrogens with one attached hydrogen (secondary N) is 1. The van der Waals surface area contributed by atoms with Gasteiger partial charge in [0.15, 0.2) is 0 Å². The fourth-order valence-corrected chi connectivity index (χ4v) is 1.33. The van der Waals surface area contributed by atoms with Crippen LogP contribution in [0.1, 0.15) is 30.3 Å². The maximum absolute atomic E-state index is 10.9. The minimum Gasteiger partial charge on any atom is -0.381 e. The molecule has 0 aliphatic carbocycles. The van der Waals surface area contributed by atoms with Gasteiger partial charge in [-0.15, -0.1) is 12.3 Å². The highest BCUT2D eigenvalue weighted by atomic mass is 16.1. The quantitative estimate of drug-likeness (QED) is 0.732. The Balaban J connectivity index is 2.77. The van der Waals surface area contributed by atoms with Crippen molar-refractivity contribution in [3.63, 3.8) is 0 Å². The van der Waals surface area contributed by atoms with Crippen LogP contribution in [0.5, 0.6) is 0 Å². The van der Waals surface area contributed by atoms with Gasteiger partial charge in [-0.05, 0) is 18.6 Å². The summed E-state index contributed by atoms with van der Waals surface area (Å²) < 4.78 is 0. The number of pyridine rings is 1. The van der Waals surface area contributed by atoms with Gasteiger partial charge in [0.1, 0.15) is 5.69 Å². The van der Waals surface area contributed by atoms with Gasteiger partial charge in [0.2, 0.25) is 0 Å². The fraction of sp³-hybridized carbons (Fsp3) is 0.333. The Bertz CT molecular complexity index is 409. The highest BCUT2D eigenvalue weighted by Gasteiger charge is 2.06. The number of primary amides is 1. The highest BCUT2D eigenvalue weighted by Crippen LogP contribution is 2.12. The van der Waals surface area contributed by atoms with E-state index in [-0.39, 0.29) is 11.7 Å². The number of carbonyl (C=O) groups is 1. The summed E-state index contributed by atoms with van der Waals surface area (Å²) in [6.07, 6.45) is 8.37. The molecule has 16 heavy (non-hydrogen) atoms. The number of carbonyl (C=O) groups excluding carboxylic acids is 1. The standard InChI is InChI=1S/C12H15N3O/c1-3-5-9(4-2)15-10-6-7-14-11(8-10)12(13)16/h1,6-9H,4-5H2,2H3,(H2,13,16)(H,14,15). The molecule has 1 amide bonds. The summed E-state index contributed by atoms with van der Waals surface area (Å²) in [5.41, 5.74) is 6.20. The SMILES string of the molecule is C#CCC(CC)Nc1ccnc(C(N)=O)c1. The van der Waals surface area contributed by atoms with Gasteiger partial charge in [0, 0.05) is 24.3 Å². The van der Waals surface area contributed by atoms with Gasteiger partial charge in [-0.1, -0.05) is 6.92 Å². The lowest BCUT2D eigenvalue weighted by Gasteiger charge is -2.15. The van der Waals surface area contributed by atoms with Crippen LogP contribution in [0.25, 0.3) is 0 Å². The molecule has 0 spiro atoms. The van der Waals surface area contributed by atoms with E-state index in [0.29, 0.717) is 6.42 Å². The zero-order valence-corrected chi connectivity index (χ0v) is 9.23.